The molecule has 0 spiro atoms. The summed E-state index contributed by atoms with van der Waals surface area (Å²) < 4.78 is 4.58. The summed E-state index contributed by atoms with van der Waals surface area (Å²) in [6, 6.07) is 1.86. The van der Waals surface area contributed by atoms with E-state index in [9.17, 15) is 14.4 Å². The van der Waals surface area contributed by atoms with Crippen LogP contribution < -0.4 is 0 Å². The Hall–Kier alpha value is -2.88. The molecule has 0 aromatic carbocycles. The minimum Gasteiger partial charge on any atom is -0.478 e. The number of carboxylic acid groups (broad SMARTS) is 2. The van der Waals surface area contributed by atoms with Crippen molar-refractivity contribution in [1.82, 2.24) is 0 Å². The third-order valence-corrected chi connectivity index (χ3v) is 1.53. The molecular weight excluding hydrogens is 290 g/mol. The molecule has 0 radical (unpaired) electrons. The maximum absolute atomic E-state index is 10.6. The molecular formula is C15H21NO6. The Kier molecular flexibility index (Phi) is 16.0. The van der Waals surface area contributed by atoms with Crippen LogP contribution in [0.4, 0.5) is 0 Å². The van der Waals surface area contributed by atoms with Crippen molar-refractivity contribution in [3.05, 3.63) is 36.5 Å². The van der Waals surface area contributed by atoms with Gasteiger partial charge in [-0.1, -0.05) is 19.7 Å². The number of carbonyl (C=O) groups is 3. The highest BCUT2D eigenvalue weighted by molar-refractivity contribution is 5.87. The summed E-state index contributed by atoms with van der Waals surface area (Å²) in [4.78, 5) is 29.8. The summed E-state index contributed by atoms with van der Waals surface area (Å²) in [5.74, 6) is -2.31. The number of hydrogen-bond acceptors (Lipinski definition) is 5. The van der Waals surface area contributed by atoms with Crippen LogP contribution in [0.2, 0.25) is 0 Å². The first-order chi connectivity index (χ1) is 9.97. The molecule has 0 aromatic heterocycles. The average Bonchev–Trinajstić information content (AvgIpc) is 2.39. The van der Waals surface area contributed by atoms with E-state index in [1.54, 1.807) is 6.92 Å². The standard InChI is InChI=1S/C7H9NO2.2C4H6O2/c1-6(2)7(9)10-5-3-4-8;2*1-3(2)4(5)6/h1,3,5H2,2H3;2*1H2,2H3,(H,5,6). The van der Waals surface area contributed by atoms with E-state index < -0.39 is 17.9 Å². The second-order valence-corrected chi connectivity index (χ2v) is 4.00. The number of carbonyl (C=O) groups excluding carboxylic acids is 1. The average molecular weight is 311 g/mol. The fourth-order valence-electron chi connectivity index (χ4n) is 0.313. The molecule has 0 unspecified atom stereocenters. The molecule has 0 aliphatic carbocycles. The van der Waals surface area contributed by atoms with Crippen molar-refractivity contribution in [2.45, 2.75) is 27.2 Å². The third kappa shape index (κ3) is 22.3. The highest BCUT2D eigenvalue weighted by atomic mass is 16.5. The minimum atomic E-state index is -0.935. The predicted octanol–water partition coefficient (Wildman–Crippen LogP) is 2.31. The van der Waals surface area contributed by atoms with Crippen LogP contribution in [0.1, 0.15) is 27.2 Å². The van der Waals surface area contributed by atoms with Crippen LogP contribution in [0.5, 0.6) is 0 Å². The van der Waals surface area contributed by atoms with Gasteiger partial charge in [0.1, 0.15) is 6.61 Å². The Balaban J connectivity index is -0.000000261. The normalized spacial score (nSPS) is 7.73. The van der Waals surface area contributed by atoms with Gasteiger partial charge in [-0.2, -0.15) is 5.26 Å². The van der Waals surface area contributed by atoms with Crippen molar-refractivity contribution in [3.8, 4) is 6.07 Å². The maximum Gasteiger partial charge on any atom is 0.333 e. The highest BCUT2D eigenvalue weighted by Crippen LogP contribution is 1.92. The fraction of sp³-hybridized carbons (Fsp3) is 0.333. The van der Waals surface area contributed by atoms with Crippen molar-refractivity contribution in [2.75, 3.05) is 6.61 Å². The van der Waals surface area contributed by atoms with Crippen molar-refractivity contribution >= 4 is 17.9 Å². The van der Waals surface area contributed by atoms with Crippen LogP contribution in [0.25, 0.3) is 0 Å². The number of hydrogen-bond donors (Lipinski definition) is 2. The van der Waals surface area contributed by atoms with Gasteiger partial charge in [0.05, 0.1) is 12.5 Å². The summed E-state index contributed by atoms with van der Waals surface area (Å²) in [6.45, 7) is 14.3. The van der Waals surface area contributed by atoms with Crippen molar-refractivity contribution in [2.24, 2.45) is 0 Å². The van der Waals surface area contributed by atoms with Gasteiger partial charge in [-0.05, 0) is 20.8 Å². The van der Waals surface area contributed by atoms with E-state index in [0.717, 1.165) is 0 Å². The smallest absolute Gasteiger partial charge is 0.333 e. The van der Waals surface area contributed by atoms with Gasteiger partial charge in [0.15, 0.2) is 0 Å². The van der Waals surface area contributed by atoms with Crippen molar-refractivity contribution < 1.29 is 29.3 Å². The first-order valence-corrected chi connectivity index (χ1v) is 5.94. The number of ether oxygens (including phenoxy) is 1. The second kappa shape index (κ2) is 14.5. The van der Waals surface area contributed by atoms with Gasteiger partial charge in [-0.15, -0.1) is 0 Å². The molecule has 0 fully saturated rings. The van der Waals surface area contributed by atoms with Gasteiger partial charge in [0, 0.05) is 16.7 Å². The van der Waals surface area contributed by atoms with Gasteiger partial charge in [-0.25, -0.2) is 14.4 Å². The molecule has 0 bridgehead atoms. The van der Waals surface area contributed by atoms with Gasteiger partial charge in [-0.3, -0.25) is 0 Å². The molecule has 2 N–H and O–H groups in total. The van der Waals surface area contributed by atoms with Crippen molar-refractivity contribution in [1.29, 1.82) is 5.26 Å². The zero-order valence-corrected chi connectivity index (χ0v) is 13.0. The van der Waals surface area contributed by atoms with E-state index >= 15 is 0 Å². The monoisotopic (exact) mass is 311 g/mol. The molecule has 7 heteroatoms. The van der Waals surface area contributed by atoms with Gasteiger partial charge in [0.2, 0.25) is 0 Å². The van der Waals surface area contributed by atoms with Crippen molar-refractivity contribution in [3.63, 3.8) is 0 Å². The zero-order valence-electron chi connectivity index (χ0n) is 13.0. The zero-order chi connectivity index (χ0) is 18.3. The number of rotatable bonds is 5. The largest absolute Gasteiger partial charge is 0.478 e. The maximum atomic E-state index is 10.6. The van der Waals surface area contributed by atoms with Gasteiger partial charge >= 0.3 is 17.9 Å². The number of nitriles is 1. The molecule has 0 aromatic rings. The molecule has 0 saturated heterocycles. The second-order valence-electron chi connectivity index (χ2n) is 4.00. The lowest BCUT2D eigenvalue weighted by Gasteiger charge is -1.98. The molecule has 7 nitrogen and oxygen atoms in total. The summed E-state index contributed by atoms with van der Waals surface area (Å²) in [6.07, 6.45) is 0.235. The molecule has 0 saturated carbocycles. The van der Waals surface area contributed by atoms with E-state index in [2.05, 4.69) is 24.5 Å². The molecule has 0 heterocycles. The Morgan fingerprint density at radius 1 is 0.955 bits per heavy atom. The number of esters is 1. The van der Waals surface area contributed by atoms with Gasteiger partial charge in [0.25, 0.3) is 0 Å². The fourth-order valence-corrected chi connectivity index (χ4v) is 0.313. The number of nitrogens with zero attached hydrogens (tertiary/aromatic N) is 1. The van der Waals surface area contributed by atoms with Crippen LogP contribution in [0.3, 0.4) is 0 Å². The van der Waals surface area contributed by atoms with E-state index in [1.165, 1.54) is 13.8 Å². The Morgan fingerprint density at radius 2 is 1.27 bits per heavy atom. The molecule has 0 rings (SSSR count). The Labute approximate surface area is 129 Å². The van der Waals surface area contributed by atoms with Crippen LogP contribution in [0.15, 0.2) is 36.5 Å². The Morgan fingerprint density at radius 3 is 1.45 bits per heavy atom. The lowest BCUT2D eigenvalue weighted by atomic mass is 10.4. The first-order valence-electron chi connectivity index (χ1n) is 5.94. The van der Waals surface area contributed by atoms with Gasteiger partial charge < -0.3 is 14.9 Å². The SMILES string of the molecule is C=C(C)C(=O)O.C=C(C)C(=O)O.C=C(C)C(=O)OCCC#N. The van der Waals surface area contributed by atoms with Crippen LogP contribution in [-0.4, -0.2) is 34.7 Å². The summed E-state index contributed by atoms with van der Waals surface area (Å²) in [7, 11) is 0. The molecule has 0 amide bonds. The third-order valence-electron chi connectivity index (χ3n) is 1.53. The molecule has 122 valence electrons. The van der Waals surface area contributed by atoms with Crippen LogP contribution >= 0.6 is 0 Å². The van der Waals surface area contributed by atoms with Crippen LogP contribution in [-0.2, 0) is 19.1 Å². The summed E-state index contributed by atoms with van der Waals surface area (Å²) in [5.41, 5.74) is 0.711. The molecule has 0 aliphatic rings. The lowest BCUT2D eigenvalue weighted by Crippen LogP contribution is -2.05. The highest BCUT2D eigenvalue weighted by Gasteiger charge is 2.00. The topological polar surface area (TPSA) is 125 Å². The summed E-state index contributed by atoms with van der Waals surface area (Å²) >= 11 is 0. The van der Waals surface area contributed by atoms with E-state index in [0.29, 0.717) is 5.57 Å². The lowest BCUT2D eigenvalue weighted by molar-refractivity contribution is -0.138. The molecule has 0 atom stereocenters. The number of aliphatic carboxylic acids is 2. The Bertz CT molecular complexity index is 437. The molecule has 22 heavy (non-hydrogen) atoms. The molecule has 0 aliphatic heterocycles. The van der Waals surface area contributed by atoms with E-state index in [-0.39, 0.29) is 24.2 Å². The first kappa shape index (κ1) is 24.2. The van der Waals surface area contributed by atoms with Crippen LogP contribution in [0, 0.1) is 11.3 Å². The minimum absolute atomic E-state index is 0.155. The van der Waals surface area contributed by atoms with E-state index in [1.807, 2.05) is 6.07 Å². The quantitative estimate of drug-likeness (QED) is 0.453. The predicted molar refractivity (Wildman–Crippen MR) is 80.9 cm³/mol. The summed E-state index contributed by atoms with van der Waals surface area (Å²) in [5, 5.41) is 23.8. The van der Waals surface area contributed by atoms with E-state index in [4.69, 9.17) is 15.5 Å². The number of carboxylic acids is 2.